The van der Waals surface area contributed by atoms with Crippen molar-refractivity contribution >= 4 is 22.4 Å². The number of nitrogens with one attached hydrogen (secondary N) is 1. The third-order valence-electron chi connectivity index (χ3n) is 3.75. The fraction of sp³-hybridized carbons (Fsp3) is 0.412. The molecule has 1 heterocycles. The average Bonchev–Trinajstić information content (AvgIpc) is 3.32. The van der Waals surface area contributed by atoms with E-state index in [1.165, 1.54) is 24.2 Å². The molecule has 1 aromatic heterocycles. The standard InChI is InChI=1S/C17H20N2O3S/c1-11(22-9-12-4-3-5-14(8-12)21-2)16(20)19-17-18-15(10-23-17)13-6-7-13/h3-5,8,10-11,13H,6-7,9H2,1-2H3,(H,18,19,20). The molecule has 0 radical (unpaired) electrons. The van der Waals surface area contributed by atoms with Crippen LogP contribution in [0.4, 0.5) is 5.13 Å². The van der Waals surface area contributed by atoms with E-state index < -0.39 is 6.10 Å². The number of carbonyl (C=O) groups is 1. The summed E-state index contributed by atoms with van der Waals surface area (Å²) in [4.78, 5) is 16.6. The predicted octanol–water partition coefficient (Wildman–Crippen LogP) is 3.57. The van der Waals surface area contributed by atoms with Gasteiger partial charge in [-0.3, -0.25) is 10.1 Å². The van der Waals surface area contributed by atoms with Crippen LogP contribution in [0.3, 0.4) is 0 Å². The first-order valence-electron chi connectivity index (χ1n) is 7.66. The van der Waals surface area contributed by atoms with Gasteiger partial charge in [0.1, 0.15) is 11.9 Å². The summed E-state index contributed by atoms with van der Waals surface area (Å²) in [6.45, 7) is 2.10. The Morgan fingerprint density at radius 2 is 2.30 bits per heavy atom. The molecule has 0 aliphatic heterocycles. The Kier molecular flexibility index (Phi) is 4.93. The molecule has 1 saturated carbocycles. The molecule has 1 aliphatic rings. The van der Waals surface area contributed by atoms with E-state index in [0.29, 0.717) is 17.7 Å². The van der Waals surface area contributed by atoms with Crippen molar-refractivity contribution in [2.24, 2.45) is 0 Å². The summed E-state index contributed by atoms with van der Waals surface area (Å²) in [5, 5.41) is 5.49. The highest BCUT2D eigenvalue weighted by atomic mass is 32.1. The van der Waals surface area contributed by atoms with Crippen molar-refractivity contribution < 1.29 is 14.3 Å². The molecule has 1 N–H and O–H groups in total. The summed E-state index contributed by atoms with van der Waals surface area (Å²) in [5.41, 5.74) is 2.06. The molecule has 0 bridgehead atoms. The maximum Gasteiger partial charge on any atom is 0.255 e. The van der Waals surface area contributed by atoms with E-state index in [1.54, 1.807) is 14.0 Å². The van der Waals surface area contributed by atoms with Gasteiger partial charge in [0.05, 0.1) is 19.4 Å². The number of aromatic nitrogens is 1. The van der Waals surface area contributed by atoms with Crippen molar-refractivity contribution in [1.29, 1.82) is 0 Å². The van der Waals surface area contributed by atoms with Crippen molar-refractivity contribution in [2.75, 3.05) is 12.4 Å². The minimum atomic E-state index is -0.547. The molecule has 1 aromatic carbocycles. The van der Waals surface area contributed by atoms with Crippen LogP contribution in [-0.4, -0.2) is 24.1 Å². The number of amides is 1. The molecule has 1 fully saturated rings. The lowest BCUT2D eigenvalue weighted by Gasteiger charge is -2.12. The van der Waals surface area contributed by atoms with Gasteiger partial charge >= 0.3 is 0 Å². The Morgan fingerprint density at radius 1 is 1.48 bits per heavy atom. The minimum Gasteiger partial charge on any atom is -0.497 e. The number of rotatable bonds is 7. The summed E-state index contributed by atoms with van der Waals surface area (Å²) in [5.74, 6) is 1.20. The molecule has 5 nitrogen and oxygen atoms in total. The van der Waals surface area contributed by atoms with E-state index in [4.69, 9.17) is 9.47 Å². The van der Waals surface area contributed by atoms with Crippen LogP contribution in [0.15, 0.2) is 29.6 Å². The monoisotopic (exact) mass is 332 g/mol. The van der Waals surface area contributed by atoms with Gasteiger partial charge in [0.2, 0.25) is 0 Å². The number of thiazole rings is 1. The molecule has 6 heteroatoms. The highest BCUT2D eigenvalue weighted by Gasteiger charge is 2.26. The highest BCUT2D eigenvalue weighted by molar-refractivity contribution is 7.13. The first-order valence-corrected chi connectivity index (χ1v) is 8.54. The van der Waals surface area contributed by atoms with Crippen LogP contribution in [0.5, 0.6) is 5.75 Å². The van der Waals surface area contributed by atoms with Gasteiger partial charge in [-0.05, 0) is 37.5 Å². The molecule has 0 saturated heterocycles. The molecule has 3 rings (SSSR count). The fourth-order valence-electron chi connectivity index (χ4n) is 2.18. The average molecular weight is 332 g/mol. The molecule has 122 valence electrons. The number of nitrogens with zero attached hydrogens (tertiary/aromatic N) is 1. The van der Waals surface area contributed by atoms with Gasteiger partial charge < -0.3 is 9.47 Å². The van der Waals surface area contributed by atoms with Crippen molar-refractivity contribution in [3.05, 3.63) is 40.9 Å². The Hall–Kier alpha value is -1.92. The second-order valence-corrected chi connectivity index (χ2v) is 6.50. The number of hydrogen-bond donors (Lipinski definition) is 1. The third-order valence-corrected chi connectivity index (χ3v) is 4.53. The summed E-state index contributed by atoms with van der Waals surface area (Å²) >= 11 is 1.47. The van der Waals surface area contributed by atoms with Gasteiger partial charge in [0, 0.05) is 11.3 Å². The second-order valence-electron chi connectivity index (χ2n) is 5.65. The molecule has 2 aromatic rings. The van der Waals surface area contributed by atoms with Crippen molar-refractivity contribution in [2.45, 2.75) is 38.4 Å². The Balaban J connectivity index is 1.50. The number of methoxy groups -OCH3 is 1. The number of anilines is 1. The summed E-state index contributed by atoms with van der Waals surface area (Å²) < 4.78 is 10.8. The van der Waals surface area contributed by atoms with Crippen LogP contribution in [0.25, 0.3) is 0 Å². The van der Waals surface area contributed by atoms with Crippen LogP contribution >= 0.6 is 11.3 Å². The van der Waals surface area contributed by atoms with Gasteiger partial charge in [-0.25, -0.2) is 4.98 Å². The maximum atomic E-state index is 12.2. The molecule has 1 atom stereocenters. The van der Waals surface area contributed by atoms with Crippen LogP contribution in [0.1, 0.15) is 36.9 Å². The normalized spacial score (nSPS) is 15.2. The lowest BCUT2D eigenvalue weighted by atomic mass is 10.2. The van der Waals surface area contributed by atoms with Crippen LogP contribution in [-0.2, 0) is 16.1 Å². The molecular weight excluding hydrogens is 312 g/mol. The first kappa shape index (κ1) is 16.0. The molecule has 1 amide bonds. The van der Waals surface area contributed by atoms with E-state index in [9.17, 15) is 4.79 Å². The number of hydrogen-bond acceptors (Lipinski definition) is 5. The SMILES string of the molecule is COc1cccc(COC(C)C(=O)Nc2nc(C3CC3)cs2)c1. The van der Waals surface area contributed by atoms with Crippen LogP contribution < -0.4 is 10.1 Å². The van der Waals surface area contributed by atoms with E-state index in [1.807, 2.05) is 29.6 Å². The van der Waals surface area contributed by atoms with Gasteiger partial charge in [0.25, 0.3) is 5.91 Å². The van der Waals surface area contributed by atoms with Gasteiger partial charge in [-0.1, -0.05) is 12.1 Å². The topological polar surface area (TPSA) is 60.5 Å². The Morgan fingerprint density at radius 3 is 3.04 bits per heavy atom. The van der Waals surface area contributed by atoms with E-state index >= 15 is 0 Å². The molecule has 23 heavy (non-hydrogen) atoms. The predicted molar refractivity (Wildman–Crippen MR) is 90.0 cm³/mol. The van der Waals surface area contributed by atoms with Crippen molar-refractivity contribution in [1.82, 2.24) is 4.98 Å². The van der Waals surface area contributed by atoms with Crippen molar-refractivity contribution in [3.8, 4) is 5.75 Å². The zero-order valence-corrected chi connectivity index (χ0v) is 14.1. The van der Waals surface area contributed by atoms with Gasteiger partial charge in [-0.2, -0.15) is 0 Å². The summed E-state index contributed by atoms with van der Waals surface area (Å²) in [7, 11) is 1.62. The highest BCUT2D eigenvalue weighted by Crippen LogP contribution is 2.40. The van der Waals surface area contributed by atoms with Crippen LogP contribution in [0, 0.1) is 0 Å². The zero-order chi connectivity index (χ0) is 16.2. The lowest BCUT2D eigenvalue weighted by Crippen LogP contribution is -2.27. The summed E-state index contributed by atoms with van der Waals surface area (Å²) in [6.07, 6.45) is 1.86. The Labute approximate surface area is 139 Å². The molecule has 1 aliphatic carbocycles. The molecule has 0 spiro atoms. The molecule has 1 unspecified atom stereocenters. The fourth-order valence-corrected chi connectivity index (χ4v) is 2.97. The lowest BCUT2D eigenvalue weighted by molar-refractivity contribution is -0.127. The van der Waals surface area contributed by atoms with E-state index in [0.717, 1.165) is 17.0 Å². The largest absolute Gasteiger partial charge is 0.497 e. The minimum absolute atomic E-state index is 0.176. The summed E-state index contributed by atoms with van der Waals surface area (Å²) in [6, 6.07) is 7.61. The number of ether oxygens (including phenoxy) is 2. The second kappa shape index (κ2) is 7.10. The third kappa shape index (κ3) is 4.30. The van der Waals surface area contributed by atoms with E-state index in [-0.39, 0.29) is 5.91 Å². The number of carbonyl (C=O) groups excluding carboxylic acids is 1. The molecular formula is C17H20N2O3S. The zero-order valence-electron chi connectivity index (χ0n) is 13.2. The van der Waals surface area contributed by atoms with Gasteiger partial charge in [0.15, 0.2) is 5.13 Å². The first-order chi connectivity index (χ1) is 11.2. The van der Waals surface area contributed by atoms with Gasteiger partial charge in [-0.15, -0.1) is 11.3 Å². The quantitative estimate of drug-likeness (QED) is 0.842. The smallest absolute Gasteiger partial charge is 0.255 e. The maximum absolute atomic E-state index is 12.2. The van der Waals surface area contributed by atoms with Crippen LogP contribution in [0.2, 0.25) is 0 Å². The van der Waals surface area contributed by atoms with Crippen molar-refractivity contribution in [3.63, 3.8) is 0 Å². The Bertz CT molecular complexity index is 682. The van der Waals surface area contributed by atoms with E-state index in [2.05, 4.69) is 10.3 Å². The number of benzene rings is 1.